The number of rotatable bonds is 6. The van der Waals surface area contributed by atoms with Gasteiger partial charge in [-0.25, -0.2) is 9.78 Å². The summed E-state index contributed by atoms with van der Waals surface area (Å²) >= 11 is 7.71. The van der Waals surface area contributed by atoms with Gasteiger partial charge < -0.3 is 9.47 Å². The SMILES string of the molecule is Cc1cc(OCC(=O)OCc2nc3ccccc3s2)c(C(C)C)cc1Cl. The summed E-state index contributed by atoms with van der Waals surface area (Å²) in [5, 5.41) is 1.46. The number of carbonyl (C=O) groups excluding carboxylic acids is 1. The van der Waals surface area contributed by atoms with Crippen LogP contribution in [0.2, 0.25) is 5.02 Å². The van der Waals surface area contributed by atoms with Crippen LogP contribution in [-0.2, 0) is 16.1 Å². The van der Waals surface area contributed by atoms with Gasteiger partial charge in [0.2, 0.25) is 0 Å². The van der Waals surface area contributed by atoms with Crippen LogP contribution >= 0.6 is 22.9 Å². The number of fused-ring (bicyclic) bond motifs is 1. The number of aryl methyl sites for hydroxylation is 1. The number of halogens is 1. The minimum Gasteiger partial charge on any atom is -0.482 e. The summed E-state index contributed by atoms with van der Waals surface area (Å²) in [5.74, 6) is 0.479. The zero-order chi connectivity index (χ0) is 18.7. The molecular weight excluding hydrogens is 370 g/mol. The van der Waals surface area contributed by atoms with E-state index in [-0.39, 0.29) is 19.1 Å². The molecule has 1 heterocycles. The fourth-order valence-corrected chi connectivity index (χ4v) is 3.60. The molecule has 2 aromatic carbocycles. The van der Waals surface area contributed by atoms with Gasteiger partial charge in [-0.15, -0.1) is 11.3 Å². The number of ether oxygens (including phenoxy) is 2. The van der Waals surface area contributed by atoms with Crippen molar-refractivity contribution in [3.8, 4) is 5.75 Å². The van der Waals surface area contributed by atoms with Crippen LogP contribution in [0.3, 0.4) is 0 Å². The fourth-order valence-electron chi connectivity index (χ4n) is 2.55. The summed E-state index contributed by atoms with van der Waals surface area (Å²) in [6.07, 6.45) is 0. The van der Waals surface area contributed by atoms with E-state index in [1.807, 2.05) is 43.3 Å². The Morgan fingerprint density at radius 1 is 1.27 bits per heavy atom. The Balaban J connectivity index is 1.59. The smallest absolute Gasteiger partial charge is 0.344 e. The van der Waals surface area contributed by atoms with Gasteiger partial charge in [-0.3, -0.25) is 0 Å². The Hall–Kier alpha value is -2.11. The van der Waals surface area contributed by atoms with Gasteiger partial charge in [0.1, 0.15) is 17.4 Å². The molecule has 4 nitrogen and oxygen atoms in total. The first-order valence-electron chi connectivity index (χ1n) is 8.37. The highest BCUT2D eigenvalue weighted by atomic mass is 35.5. The highest BCUT2D eigenvalue weighted by Crippen LogP contribution is 2.32. The standard InChI is InChI=1S/C20H20ClNO3S/c1-12(2)14-9-15(21)13(3)8-17(14)24-11-20(23)25-10-19-22-16-6-4-5-7-18(16)26-19/h4-9,12H,10-11H2,1-3H3. The van der Waals surface area contributed by atoms with Crippen LogP contribution in [0.5, 0.6) is 5.75 Å². The number of carbonyl (C=O) groups is 1. The summed E-state index contributed by atoms with van der Waals surface area (Å²) in [5.41, 5.74) is 2.80. The quantitative estimate of drug-likeness (QED) is 0.522. The third-order valence-electron chi connectivity index (χ3n) is 3.95. The minimum absolute atomic E-state index is 0.147. The molecule has 0 saturated heterocycles. The van der Waals surface area contributed by atoms with Crippen LogP contribution < -0.4 is 4.74 Å². The molecule has 0 bridgehead atoms. The first-order chi connectivity index (χ1) is 12.4. The van der Waals surface area contributed by atoms with E-state index in [4.69, 9.17) is 21.1 Å². The third-order valence-corrected chi connectivity index (χ3v) is 5.37. The minimum atomic E-state index is -0.424. The lowest BCUT2D eigenvalue weighted by atomic mass is 10.0. The molecular formula is C20H20ClNO3S. The molecule has 0 aliphatic rings. The van der Waals surface area contributed by atoms with Crippen molar-refractivity contribution in [2.45, 2.75) is 33.3 Å². The molecule has 1 aromatic heterocycles. The zero-order valence-electron chi connectivity index (χ0n) is 14.9. The summed E-state index contributed by atoms with van der Waals surface area (Å²) in [6.45, 7) is 6.02. The number of hydrogen-bond donors (Lipinski definition) is 0. The topological polar surface area (TPSA) is 48.4 Å². The van der Waals surface area contributed by atoms with Crippen molar-refractivity contribution in [1.29, 1.82) is 0 Å². The van der Waals surface area contributed by atoms with Gasteiger partial charge in [-0.1, -0.05) is 37.6 Å². The van der Waals surface area contributed by atoms with Gasteiger partial charge in [0.05, 0.1) is 10.2 Å². The summed E-state index contributed by atoms with van der Waals surface area (Å²) < 4.78 is 12.1. The molecule has 0 N–H and O–H groups in total. The second-order valence-corrected chi connectivity index (χ2v) is 7.84. The number of aromatic nitrogens is 1. The van der Waals surface area contributed by atoms with Gasteiger partial charge >= 0.3 is 5.97 Å². The Morgan fingerprint density at radius 2 is 2.04 bits per heavy atom. The molecule has 0 atom stereocenters. The van der Waals surface area contributed by atoms with E-state index in [0.29, 0.717) is 10.8 Å². The lowest BCUT2D eigenvalue weighted by molar-refractivity contribution is -0.147. The number of para-hydroxylation sites is 1. The van der Waals surface area contributed by atoms with Crippen LogP contribution in [0.15, 0.2) is 36.4 Å². The van der Waals surface area contributed by atoms with Crippen LogP contribution in [0.1, 0.15) is 35.9 Å². The van der Waals surface area contributed by atoms with E-state index >= 15 is 0 Å². The maximum absolute atomic E-state index is 12.0. The van der Waals surface area contributed by atoms with Crippen molar-refractivity contribution in [2.75, 3.05) is 6.61 Å². The summed E-state index contributed by atoms with van der Waals surface area (Å²) in [7, 11) is 0. The normalized spacial score (nSPS) is 11.1. The van der Waals surface area contributed by atoms with E-state index in [1.165, 1.54) is 11.3 Å². The highest BCUT2D eigenvalue weighted by Gasteiger charge is 2.14. The largest absolute Gasteiger partial charge is 0.482 e. The van der Waals surface area contributed by atoms with Crippen LogP contribution in [0.25, 0.3) is 10.2 Å². The number of thiazole rings is 1. The Labute approximate surface area is 161 Å². The van der Waals surface area contributed by atoms with E-state index < -0.39 is 5.97 Å². The predicted octanol–water partition coefficient (Wildman–Crippen LogP) is 5.50. The third kappa shape index (κ3) is 4.34. The zero-order valence-corrected chi connectivity index (χ0v) is 16.5. The number of benzene rings is 2. The first kappa shape index (κ1) is 18.7. The molecule has 0 aliphatic heterocycles. The molecule has 0 aliphatic carbocycles. The molecule has 6 heteroatoms. The fraction of sp³-hybridized carbons (Fsp3) is 0.300. The van der Waals surface area contributed by atoms with Crippen LogP contribution in [0.4, 0.5) is 0 Å². The maximum atomic E-state index is 12.0. The molecule has 0 amide bonds. The average Bonchev–Trinajstić information content (AvgIpc) is 3.03. The maximum Gasteiger partial charge on any atom is 0.344 e. The Kier molecular flexibility index (Phi) is 5.79. The molecule has 0 spiro atoms. The molecule has 0 unspecified atom stereocenters. The molecule has 0 radical (unpaired) electrons. The second-order valence-electron chi connectivity index (χ2n) is 6.32. The van der Waals surface area contributed by atoms with E-state index in [9.17, 15) is 4.79 Å². The molecule has 0 saturated carbocycles. The number of nitrogens with zero attached hydrogens (tertiary/aromatic N) is 1. The average molecular weight is 390 g/mol. The van der Waals surface area contributed by atoms with E-state index in [0.717, 1.165) is 26.4 Å². The molecule has 3 aromatic rings. The second kappa shape index (κ2) is 8.06. The lowest BCUT2D eigenvalue weighted by Crippen LogP contribution is -2.15. The molecule has 3 rings (SSSR count). The number of esters is 1. The van der Waals surface area contributed by atoms with Crippen molar-refractivity contribution in [3.63, 3.8) is 0 Å². The monoisotopic (exact) mass is 389 g/mol. The lowest BCUT2D eigenvalue weighted by Gasteiger charge is -2.15. The first-order valence-corrected chi connectivity index (χ1v) is 9.56. The van der Waals surface area contributed by atoms with E-state index in [2.05, 4.69) is 18.8 Å². The number of hydrogen-bond acceptors (Lipinski definition) is 5. The van der Waals surface area contributed by atoms with Crippen molar-refractivity contribution >= 4 is 39.1 Å². The Bertz CT molecular complexity index is 903. The van der Waals surface area contributed by atoms with Crippen molar-refractivity contribution < 1.29 is 14.3 Å². The summed E-state index contributed by atoms with van der Waals surface area (Å²) in [6, 6.07) is 11.6. The Morgan fingerprint density at radius 3 is 2.77 bits per heavy atom. The van der Waals surface area contributed by atoms with Gasteiger partial charge in [-0.2, -0.15) is 0 Å². The van der Waals surface area contributed by atoms with Crippen LogP contribution in [-0.4, -0.2) is 17.6 Å². The highest BCUT2D eigenvalue weighted by molar-refractivity contribution is 7.18. The summed E-state index contributed by atoms with van der Waals surface area (Å²) in [4.78, 5) is 16.5. The van der Waals surface area contributed by atoms with Crippen molar-refractivity contribution in [3.05, 3.63) is 57.6 Å². The van der Waals surface area contributed by atoms with Gasteiger partial charge in [0.15, 0.2) is 6.61 Å². The van der Waals surface area contributed by atoms with Crippen molar-refractivity contribution in [2.24, 2.45) is 0 Å². The van der Waals surface area contributed by atoms with Crippen molar-refractivity contribution in [1.82, 2.24) is 4.98 Å². The molecule has 26 heavy (non-hydrogen) atoms. The predicted molar refractivity (Wildman–Crippen MR) is 105 cm³/mol. The van der Waals surface area contributed by atoms with E-state index in [1.54, 1.807) is 0 Å². The van der Waals surface area contributed by atoms with Crippen LogP contribution in [0, 0.1) is 6.92 Å². The van der Waals surface area contributed by atoms with Gasteiger partial charge in [0.25, 0.3) is 0 Å². The van der Waals surface area contributed by atoms with Gasteiger partial charge in [0, 0.05) is 5.02 Å². The van der Waals surface area contributed by atoms with Gasteiger partial charge in [-0.05, 0) is 48.2 Å². The molecule has 136 valence electrons. The molecule has 0 fully saturated rings.